The first-order valence-electron chi connectivity index (χ1n) is 11.9. The van der Waals surface area contributed by atoms with Crippen LogP contribution < -0.4 is 10.9 Å². The first-order valence-corrected chi connectivity index (χ1v) is 12.7. The number of esters is 1. The van der Waals surface area contributed by atoms with Crippen LogP contribution in [-0.2, 0) is 9.53 Å². The third-order valence-electron chi connectivity index (χ3n) is 6.40. The number of carbonyl (C=O) groups is 2. The van der Waals surface area contributed by atoms with Crippen molar-refractivity contribution in [1.29, 1.82) is 0 Å². The number of rotatable bonds is 6. The van der Waals surface area contributed by atoms with Gasteiger partial charge in [0.2, 0.25) is 5.91 Å². The Morgan fingerprint density at radius 2 is 1.82 bits per heavy atom. The van der Waals surface area contributed by atoms with Crippen LogP contribution in [0, 0.1) is 20.8 Å². The molecule has 180 valence electrons. The molecule has 0 saturated heterocycles. The first kappa shape index (κ1) is 24.1. The molecule has 7 nitrogen and oxygen atoms in total. The molecule has 1 fully saturated rings. The molecule has 1 unspecified atom stereocenters. The fourth-order valence-corrected chi connectivity index (χ4v) is 5.74. The molecule has 8 heteroatoms. The number of hydrogen-bond acceptors (Lipinski definition) is 6. The molecule has 0 radical (unpaired) electrons. The largest absolute Gasteiger partial charge is 0.458 e. The monoisotopic (exact) mass is 481 g/mol. The van der Waals surface area contributed by atoms with Crippen LogP contribution in [-0.4, -0.2) is 27.5 Å². The number of fused-ring (bicyclic) bond motifs is 1. The number of ether oxygens (including phenoxy) is 1. The van der Waals surface area contributed by atoms with Crippen molar-refractivity contribution in [2.45, 2.75) is 78.4 Å². The minimum Gasteiger partial charge on any atom is -0.458 e. The summed E-state index contributed by atoms with van der Waals surface area (Å²) in [5, 5.41) is 3.31. The van der Waals surface area contributed by atoms with Gasteiger partial charge < -0.3 is 10.1 Å². The van der Waals surface area contributed by atoms with Crippen LogP contribution in [0.4, 0.5) is 5.69 Å². The van der Waals surface area contributed by atoms with E-state index in [9.17, 15) is 14.4 Å². The van der Waals surface area contributed by atoms with Gasteiger partial charge in [-0.25, -0.2) is 9.78 Å². The molecule has 1 atom stereocenters. The minimum atomic E-state index is -0.720. The number of amides is 1. The van der Waals surface area contributed by atoms with Crippen LogP contribution in [0.15, 0.2) is 29.3 Å². The number of anilines is 1. The van der Waals surface area contributed by atoms with Crippen LogP contribution in [0.3, 0.4) is 0 Å². The van der Waals surface area contributed by atoms with Crippen LogP contribution >= 0.6 is 11.3 Å². The van der Waals surface area contributed by atoms with Gasteiger partial charge in [-0.3, -0.25) is 14.2 Å². The van der Waals surface area contributed by atoms with Crippen molar-refractivity contribution >= 4 is 39.1 Å². The SMILES string of the molecule is CCC(C(=O)Nc1cc(C)cc(C)c1)n1cnc2sc(C(=O)OC3CCCCC3)c(C)c2c1=O. The smallest absolute Gasteiger partial charge is 0.348 e. The maximum atomic E-state index is 13.4. The van der Waals surface area contributed by atoms with E-state index in [0.29, 0.717) is 32.8 Å². The second-order valence-corrected chi connectivity index (χ2v) is 10.1. The van der Waals surface area contributed by atoms with Crippen LogP contribution in [0.5, 0.6) is 0 Å². The van der Waals surface area contributed by atoms with E-state index in [1.807, 2.05) is 39.0 Å². The molecular weight excluding hydrogens is 450 g/mol. The van der Waals surface area contributed by atoms with Gasteiger partial charge in [-0.2, -0.15) is 0 Å². The summed E-state index contributed by atoms with van der Waals surface area (Å²) < 4.78 is 7.09. The maximum Gasteiger partial charge on any atom is 0.348 e. The molecule has 0 aliphatic heterocycles. The topological polar surface area (TPSA) is 90.3 Å². The summed E-state index contributed by atoms with van der Waals surface area (Å²) >= 11 is 1.18. The highest BCUT2D eigenvalue weighted by atomic mass is 32.1. The Bertz CT molecular complexity index is 1270. The molecule has 3 aromatic rings. The second-order valence-electron chi connectivity index (χ2n) is 9.15. The van der Waals surface area contributed by atoms with Crippen molar-refractivity contribution in [3.05, 3.63) is 56.4 Å². The first-order chi connectivity index (χ1) is 16.3. The zero-order chi connectivity index (χ0) is 24.4. The number of thiophene rings is 1. The Morgan fingerprint density at radius 3 is 2.47 bits per heavy atom. The van der Waals surface area contributed by atoms with Crippen molar-refractivity contribution in [3.63, 3.8) is 0 Å². The number of hydrogen-bond donors (Lipinski definition) is 1. The predicted octanol–water partition coefficient (Wildman–Crippen LogP) is 5.46. The summed E-state index contributed by atoms with van der Waals surface area (Å²) in [6, 6.07) is 5.11. The standard InChI is InChI=1S/C26H31N3O4S/c1-5-20(23(30)28-18-12-15(2)11-16(3)13-18)29-14-27-24-21(25(29)31)17(4)22(34-24)26(32)33-19-9-7-6-8-10-19/h11-14,19-20H,5-10H2,1-4H3,(H,28,30). The molecule has 0 spiro atoms. The van der Waals surface area contributed by atoms with Crippen LogP contribution in [0.1, 0.15) is 77.9 Å². The van der Waals surface area contributed by atoms with E-state index in [4.69, 9.17) is 4.74 Å². The van der Waals surface area contributed by atoms with Crippen molar-refractivity contribution in [2.24, 2.45) is 0 Å². The summed E-state index contributed by atoms with van der Waals surface area (Å²) in [7, 11) is 0. The Balaban J connectivity index is 1.62. The number of aryl methyl sites for hydroxylation is 3. The summed E-state index contributed by atoms with van der Waals surface area (Å²) in [6.45, 7) is 7.55. The summed E-state index contributed by atoms with van der Waals surface area (Å²) in [6.07, 6.45) is 6.85. The van der Waals surface area contributed by atoms with Gasteiger partial charge >= 0.3 is 5.97 Å². The lowest BCUT2D eigenvalue weighted by molar-refractivity contribution is -0.119. The van der Waals surface area contributed by atoms with E-state index in [1.54, 1.807) is 6.92 Å². The third-order valence-corrected chi connectivity index (χ3v) is 7.58. The molecule has 2 aromatic heterocycles. The van der Waals surface area contributed by atoms with Crippen LogP contribution in [0.2, 0.25) is 0 Å². The zero-order valence-corrected chi connectivity index (χ0v) is 21.0. The highest BCUT2D eigenvalue weighted by Crippen LogP contribution is 2.30. The number of carbonyl (C=O) groups excluding carboxylic acids is 2. The Hall–Kier alpha value is -3.00. The molecule has 0 bridgehead atoms. The summed E-state index contributed by atoms with van der Waals surface area (Å²) in [5.41, 5.74) is 3.04. The molecule has 1 aliphatic carbocycles. The van der Waals surface area contributed by atoms with Gasteiger partial charge in [0, 0.05) is 5.69 Å². The molecule has 1 amide bonds. The van der Waals surface area contributed by atoms with Crippen molar-refractivity contribution in [2.75, 3.05) is 5.32 Å². The Kier molecular flexibility index (Phi) is 7.16. The molecule has 2 heterocycles. The number of benzene rings is 1. The van der Waals surface area contributed by atoms with E-state index < -0.39 is 12.0 Å². The fraction of sp³-hybridized carbons (Fsp3) is 0.462. The molecule has 1 aromatic carbocycles. The van der Waals surface area contributed by atoms with E-state index in [0.717, 1.165) is 36.8 Å². The molecule has 1 saturated carbocycles. The van der Waals surface area contributed by atoms with Gasteiger partial charge in [0.05, 0.1) is 11.7 Å². The quantitative estimate of drug-likeness (QED) is 0.472. The van der Waals surface area contributed by atoms with Crippen molar-refractivity contribution in [3.8, 4) is 0 Å². The molecule has 1 aliphatic rings. The molecule has 1 N–H and O–H groups in total. The van der Waals surface area contributed by atoms with Gasteiger partial charge in [0.15, 0.2) is 0 Å². The number of aromatic nitrogens is 2. The van der Waals surface area contributed by atoms with Gasteiger partial charge in [-0.15, -0.1) is 11.3 Å². The maximum absolute atomic E-state index is 13.4. The lowest BCUT2D eigenvalue weighted by Gasteiger charge is -2.21. The van der Waals surface area contributed by atoms with E-state index in [1.165, 1.54) is 28.7 Å². The highest BCUT2D eigenvalue weighted by molar-refractivity contribution is 7.20. The predicted molar refractivity (Wildman–Crippen MR) is 135 cm³/mol. The molecular formula is C26H31N3O4S. The average Bonchev–Trinajstić information content (AvgIpc) is 3.13. The highest BCUT2D eigenvalue weighted by Gasteiger charge is 2.27. The van der Waals surface area contributed by atoms with Crippen molar-refractivity contribution in [1.82, 2.24) is 9.55 Å². The van der Waals surface area contributed by atoms with Gasteiger partial charge in [0.1, 0.15) is 21.9 Å². The fourth-order valence-electron chi connectivity index (χ4n) is 4.72. The number of nitrogens with one attached hydrogen (secondary N) is 1. The lowest BCUT2D eigenvalue weighted by atomic mass is 9.98. The molecule has 34 heavy (non-hydrogen) atoms. The van der Waals surface area contributed by atoms with Crippen LogP contribution in [0.25, 0.3) is 10.2 Å². The average molecular weight is 482 g/mol. The van der Waals surface area contributed by atoms with Gasteiger partial charge in [-0.1, -0.05) is 19.4 Å². The summed E-state index contributed by atoms with van der Waals surface area (Å²) in [5.74, 6) is -0.668. The lowest BCUT2D eigenvalue weighted by Crippen LogP contribution is -2.33. The third kappa shape index (κ3) is 4.92. The summed E-state index contributed by atoms with van der Waals surface area (Å²) in [4.78, 5) is 44.7. The van der Waals surface area contributed by atoms with E-state index in [2.05, 4.69) is 10.3 Å². The van der Waals surface area contributed by atoms with E-state index >= 15 is 0 Å². The second kappa shape index (κ2) is 10.1. The normalized spacial score (nSPS) is 15.3. The van der Waals surface area contributed by atoms with Crippen molar-refractivity contribution < 1.29 is 14.3 Å². The minimum absolute atomic E-state index is 0.0612. The van der Waals surface area contributed by atoms with Gasteiger partial charge in [0.25, 0.3) is 5.56 Å². The number of nitrogens with zero attached hydrogens (tertiary/aromatic N) is 2. The molecule has 4 rings (SSSR count). The Morgan fingerprint density at radius 1 is 1.15 bits per heavy atom. The van der Waals surface area contributed by atoms with Gasteiger partial charge in [-0.05, 0) is 81.7 Å². The van der Waals surface area contributed by atoms with E-state index in [-0.39, 0.29) is 17.6 Å². The Labute approximate surface area is 203 Å². The zero-order valence-electron chi connectivity index (χ0n) is 20.1.